The van der Waals surface area contributed by atoms with Crippen LogP contribution in [-0.2, 0) is 14.3 Å². The summed E-state index contributed by atoms with van der Waals surface area (Å²) in [7, 11) is 0. The third-order valence-electron chi connectivity index (χ3n) is 5.20. The van der Waals surface area contributed by atoms with E-state index in [0.717, 1.165) is 6.42 Å². The second-order valence-electron chi connectivity index (χ2n) is 6.77. The molecule has 2 fully saturated rings. The average molecular weight is 380 g/mol. The maximum absolute atomic E-state index is 12.6. The van der Waals surface area contributed by atoms with Crippen LogP contribution in [0.15, 0.2) is 17.5 Å². The van der Waals surface area contributed by atoms with Gasteiger partial charge in [0.25, 0.3) is 5.91 Å². The van der Waals surface area contributed by atoms with Crippen LogP contribution in [0.3, 0.4) is 0 Å². The van der Waals surface area contributed by atoms with Crippen LogP contribution in [-0.4, -0.2) is 60.1 Å². The molecule has 0 radical (unpaired) electrons. The summed E-state index contributed by atoms with van der Waals surface area (Å²) in [6.45, 7) is 1.77. The molecule has 0 aromatic carbocycles. The highest BCUT2D eigenvalue weighted by molar-refractivity contribution is 7.12. The van der Waals surface area contributed by atoms with E-state index in [2.05, 4.69) is 5.32 Å². The van der Waals surface area contributed by atoms with Crippen LogP contribution in [0, 0.1) is 11.8 Å². The van der Waals surface area contributed by atoms with Crippen molar-refractivity contribution in [2.24, 2.45) is 11.8 Å². The molecular formula is C18H24N2O5S. The molecular weight excluding hydrogens is 356 g/mol. The van der Waals surface area contributed by atoms with E-state index in [4.69, 9.17) is 4.74 Å². The Balaban J connectivity index is 1.59. The second kappa shape index (κ2) is 8.64. The first kappa shape index (κ1) is 18.8. The Morgan fingerprint density at radius 2 is 2.08 bits per heavy atom. The molecule has 3 heterocycles. The van der Waals surface area contributed by atoms with Gasteiger partial charge in [-0.25, -0.2) is 0 Å². The third-order valence-corrected chi connectivity index (χ3v) is 6.05. The third kappa shape index (κ3) is 4.24. The highest BCUT2D eigenvalue weighted by Gasteiger charge is 2.36. The number of likely N-dealkylation sites (tertiary alicyclic amines) is 1. The van der Waals surface area contributed by atoms with Crippen molar-refractivity contribution >= 4 is 29.1 Å². The second-order valence-corrected chi connectivity index (χ2v) is 7.72. The number of carboxylic acids is 1. The highest BCUT2D eigenvalue weighted by Crippen LogP contribution is 2.25. The van der Waals surface area contributed by atoms with Crippen molar-refractivity contribution in [2.75, 3.05) is 26.3 Å². The summed E-state index contributed by atoms with van der Waals surface area (Å²) in [5, 5.41) is 14.1. The quantitative estimate of drug-likeness (QED) is 0.781. The van der Waals surface area contributed by atoms with E-state index in [-0.39, 0.29) is 24.3 Å². The lowest BCUT2D eigenvalue weighted by atomic mass is 9.86. The number of carbonyl (C=O) groups is 3. The van der Waals surface area contributed by atoms with Crippen molar-refractivity contribution < 1.29 is 24.2 Å². The Labute approximate surface area is 156 Å². The molecule has 1 aromatic rings. The van der Waals surface area contributed by atoms with E-state index in [1.54, 1.807) is 11.0 Å². The summed E-state index contributed by atoms with van der Waals surface area (Å²) in [5.74, 6) is -1.89. The SMILES string of the molecule is O=C(O)C(CNC(=O)C1CCCN1C(=O)c1cccs1)C1CCOCC1. The molecule has 0 spiro atoms. The fraction of sp³-hybridized carbons (Fsp3) is 0.611. The lowest BCUT2D eigenvalue weighted by Crippen LogP contribution is -2.48. The van der Waals surface area contributed by atoms with Crippen LogP contribution in [0.4, 0.5) is 0 Å². The van der Waals surface area contributed by atoms with E-state index >= 15 is 0 Å². The number of hydrogen-bond acceptors (Lipinski definition) is 5. The summed E-state index contributed by atoms with van der Waals surface area (Å²) >= 11 is 1.36. The van der Waals surface area contributed by atoms with Gasteiger partial charge in [0, 0.05) is 26.3 Å². The van der Waals surface area contributed by atoms with Crippen LogP contribution in [0.25, 0.3) is 0 Å². The first-order chi connectivity index (χ1) is 12.6. The molecule has 8 heteroatoms. The summed E-state index contributed by atoms with van der Waals surface area (Å²) in [4.78, 5) is 39.0. The van der Waals surface area contributed by atoms with E-state index in [1.165, 1.54) is 11.3 Å². The number of carbonyl (C=O) groups excluding carboxylic acids is 2. The topological polar surface area (TPSA) is 95.9 Å². The van der Waals surface area contributed by atoms with Crippen molar-refractivity contribution in [3.63, 3.8) is 0 Å². The minimum absolute atomic E-state index is 0.00832. The van der Waals surface area contributed by atoms with E-state index in [9.17, 15) is 19.5 Å². The predicted molar refractivity (Wildman–Crippen MR) is 96.1 cm³/mol. The molecule has 2 unspecified atom stereocenters. The van der Waals surface area contributed by atoms with Gasteiger partial charge in [-0.05, 0) is 43.0 Å². The molecule has 0 aliphatic carbocycles. The Morgan fingerprint density at radius 3 is 2.73 bits per heavy atom. The van der Waals surface area contributed by atoms with Crippen molar-refractivity contribution in [1.29, 1.82) is 0 Å². The number of rotatable bonds is 6. The smallest absolute Gasteiger partial charge is 0.308 e. The van der Waals surface area contributed by atoms with Gasteiger partial charge in [0.15, 0.2) is 0 Å². The molecule has 1 aromatic heterocycles. The zero-order valence-corrected chi connectivity index (χ0v) is 15.4. The van der Waals surface area contributed by atoms with Gasteiger partial charge in [-0.15, -0.1) is 11.3 Å². The Morgan fingerprint density at radius 1 is 1.31 bits per heavy atom. The molecule has 2 amide bonds. The van der Waals surface area contributed by atoms with Gasteiger partial charge < -0.3 is 20.1 Å². The number of amides is 2. The average Bonchev–Trinajstić information content (AvgIpc) is 3.33. The summed E-state index contributed by atoms with van der Waals surface area (Å²) in [5.41, 5.74) is 0. The van der Waals surface area contributed by atoms with Crippen LogP contribution >= 0.6 is 11.3 Å². The molecule has 2 N–H and O–H groups in total. The maximum Gasteiger partial charge on any atom is 0.308 e. The van der Waals surface area contributed by atoms with Crippen LogP contribution < -0.4 is 5.32 Å². The standard InChI is InChI=1S/C18H24N2O5S/c21-16(19-11-13(18(23)24)12-5-8-25-9-6-12)14-3-1-7-20(14)17(22)15-4-2-10-26-15/h2,4,10,12-14H,1,3,5-9,11H2,(H,19,21)(H,23,24). The monoisotopic (exact) mass is 380 g/mol. The number of nitrogens with one attached hydrogen (secondary N) is 1. The molecule has 142 valence electrons. The largest absolute Gasteiger partial charge is 0.481 e. The van der Waals surface area contributed by atoms with Crippen LogP contribution in [0.5, 0.6) is 0 Å². The van der Waals surface area contributed by atoms with Gasteiger partial charge in [0.1, 0.15) is 6.04 Å². The number of hydrogen-bond donors (Lipinski definition) is 2. The van der Waals surface area contributed by atoms with Gasteiger partial charge >= 0.3 is 5.97 Å². The molecule has 26 heavy (non-hydrogen) atoms. The first-order valence-corrected chi connectivity index (χ1v) is 9.88. The fourth-order valence-corrected chi connectivity index (χ4v) is 4.41. The molecule has 3 rings (SSSR count). The minimum atomic E-state index is -0.893. The minimum Gasteiger partial charge on any atom is -0.481 e. The van der Waals surface area contributed by atoms with Gasteiger partial charge in [0.05, 0.1) is 10.8 Å². The number of carboxylic acid groups (broad SMARTS) is 1. The molecule has 2 saturated heterocycles. The van der Waals surface area contributed by atoms with Crippen molar-refractivity contribution in [1.82, 2.24) is 10.2 Å². The maximum atomic E-state index is 12.6. The summed E-state index contributed by atoms with van der Waals surface area (Å²) < 4.78 is 5.29. The van der Waals surface area contributed by atoms with Gasteiger partial charge in [-0.3, -0.25) is 14.4 Å². The Kier molecular flexibility index (Phi) is 6.26. The molecule has 2 aliphatic heterocycles. The Bertz CT molecular complexity index is 642. The normalized spacial score (nSPS) is 22.2. The summed E-state index contributed by atoms with van der Waals surface area (Å²) in [6, 6.07) is 3.05. The first-order valence-electron chi connectivity index (χ1n) is 9.00. The summed E-state index contributed by atoms with van der Waals surface area (Å²) in [6.07, 6.45) is 2.77. The van der Waals surface area contributed by atoms with Gasteiger partial charge in [-0.2, -0.15) is 0 Å². The van der Waals surface area contributed by atoms with Gasteiger partial charge in [0.2, 0.25) is 5.91 Å². The van der Waals surface area contributed by atoms with Crippen LogP contribution in [0.1, 0.15) is 35.4 Å². The Hall–Kier alpha value is -1.93. The lowest BCUT2D eigenvalue weighted by Gasteiger charge is -2.29. The van der Waals surface area contributed by atoms with E-state index < -0.39 is 17.9 Å². The van der Waals surface area contributed by atoms with E-state index in [0.29, 0.717) is 43.9 Å². The number of ether oxygens (including phenoxy) is 1. The fourth-order valence-electron chi connectivity index (χ4n) is 3.73. The number of nitrogens with zero attached hydrogens (tertiary/aromatic N) is 1. The van der Waals surface area contributed by atoms with Gasteiger partial charge in [-0.1, -0.05) is 6.07 Å². The molecule has 0 bridgehead atoms. The molecule has 2 atom stereocenters. The van der Waals surface area contributed by atoms with Crippen molar-refractivity contribution in [2.45, 2.75) is 31.7 Å². The number of aliphatic carboxylic acids is 1. The van der Waals surface area contributed by atoms with Crippen molar-refractivity contribution in [3.8, 4) is 0 Å². The number of thiophene rings is 1. The molecule has 0 saturated carbocycles. The zero-order chi connectivity index (χ0) is 18.5. The van der Waals surface area contributed by atoms with Crippen LogP contribution in [0.2, 0.25) is 0 Å². The predicted octanol–water partition coefficient (Wildman–Crippen LogP) is 1.60. The highest BCUT2D eigenvalue weighted by atomic mass is 32.1. The molecule has 7 nitrogen and oxygen atoms in total. The lowest BCUT2D eigenvalue weighted by molar-refractivity contribution is -0.145. The zero-order valence-electron chi connectivity index (χ0n) is 14.6. The van der Waals surface area contributed by atoms with Crippen molar-refractivity contribution in [3.05, 3.63) is 22.4 Å². The van der Waals surface area contributed by atoms with E-state index in [1.807, 2.05) is 11.4 Å². The molecule has 2 aliphatic rings.